The summed E-state index contributed by atoms with van der Waals surface area (Å²) in [7, 11) is 0. The van der Waals surface area contributed by atoms with Crippen molar-refractivity contribution in [1.82, 2.24) is 9.97 Å². The molecule has 1 saturated heterocycles. The van der Waals surface area contributed by atoms with Crippen LogP contribution in [0.3, 0.4) is 0 Å². The van der Waals surface area contributed by atoms with Crippen molar-refractivity contribution in [2.75, 3.05) is 6.61 Å². The van der Waals surface area contributed by atoms with Crippen LogP contribution in [0.4, 0.5) is 0 Å². The summed E-state index contributed by atoms with van der Waals surface area (Å²) in [6.45, 7) is 6.20. The third kappa shape index (κ3) is 2.62. The third-order valence-corrected chi connectivity index (χ3v) is 5.41. The highest BCUT2D eigenvalue weighted by atomic mass is 35.5. The number of nitrogens with zero attached hydrogens (tertiary/aromatic N) is 1. The fraction of sp³-hybridized carbons (Fsp3) is 0.562. The zero-order valence-electron chi connectivity index (χ0n) is 12.9. The van der Waals surface area contributed by atoms with Gasteiger partial charge in [0, 0.05) is 12.5 Å². The number of aliphatic hydroxyl groups excluding tert-OH is 1. The Morgan fingerprint density at radius 2 is 2.00 bits per heavy atom. The predicted molar refractivity (Wildman–Crippen MR) is 88.4 cm³/mol. The molecule has 2 atom stereocenters. The van der Waals surface area contributed by atoms with Gasteiger partial charge in [-0.1, -0.05) is 23.2 Å². The highest BCUT2D eigenvalue weighted by molar-refractivity contribution is 6.42. The van der Waals surface area contributed by atoms with Gasteiger partial charge in [-0.25, -0.2) is 4.98 Å². The smallest absolute Gasteiger partial charge is 0.139 e. The Morgan fingerprint density at radius 3 is 2.64 bits per heavy atom. The maximum atomic E-state index is 9.51. The van der Waals surface area contributed by atoms with Crippen molar-refractivity contribution >= 4 is 34.2 Å². The van der Waals surface area contributed by atoms with E-state index in [1.165, 1.54) is 0 Å². The van der Waals surface area contributed by atoms with Crippen molar-refractivity contribution in [3.63, 3.8) is 0 Å². The van der Waals surface area contributed by atoms with E-state index in [-0.39, 0.29) is 12.5 Å². The summed E-state index contributed by atoms with van der Waals surface area (Å²) < 4.78 is 6.32. The van der Waals surface area contributed by atoms with E-state index in [1.54, 1.807) is 12.1 Å². The van der Waals surface area contributed by atoms with Crippen molar-refractivity contribution in [2.24, 2.45) is 5.92 Å². The van der Waals surface area contributed by atoms with Crippen LogP contribution in [0.5, 0.6) is 0 Å². The van der Waals surface area contributed by atoms with E-state index >= 15 is 0 Å². The van der Waals surface area contributed by atoms with Crippen molar-refractivity contribution in [1.29, 1.82) is 0 Å². The lowest BCUT2D eigenvalue weighted by atomic mass is 9.79. The number of benzene rings is 1. The van der Waals surface area contributed by atoms with Gasteiger partial charge in [-0.15, -0.1) is 0 Å². The number of fused-ring (bicyclic) bond motifs is 1. The summed E-state index contributed by atoms with van der Waals surface area (Å²) in [5.74, 6) is 0.902. The number of ether oxygens (including phenoxy) is 1. The molecule has 0 aliphatic carbocycles. The van der Waals surface area contributed by atoms with Gasteiger partial charge in [0.05, 0.1) is 26.7 Å². The largest absolute Gasteiger partial charge is 0.396 e. The van der Waals surface area contributed by atoms with Crippen LogP contribution >= 0.6 is 23.2 Å². The fourth-order valence-electron chi connectivity index (χ4n) is 3.25. The Kier molecular flexibility index (Phi) is 3.92. The maximum Gasteiger partial charge on any atom is 0.139 e. The molecule has 2 N–H and O–H groups in total. The molecule has 1 aliphatic rings. The van der Waals surface area contributed by atoms with Crippen molar-refractivity contribution in [3.8, 4) is 0 Å². The summed E-state index contributed by atoms with van der Waals surface area (Å²) in [5, 5.41) is 10.5. The highest BCUT2D eigenvalue weighted by Crippen LogP contribution is 2.44. The molecule has 0 amide bonds. The number of aromatic amines is 1. The molecule has 120 valence electrons. The fourth-order valence-corrected chi connectivity index (χ4v) is 3.57. The number of nitrogens with one attached hydrogen (secondary N) is 1. The average molecular weight is 343 g/mol. The second-order valence-electron chi connectivity index (χ2n) is 6.72. The quantitative estimate of drug-likeness (QED) is 0.856. The summed E-state index contributed by atoms with van der Waals surface area (Å²) in [5.41, 5.74) is 0.691. The van der Waals surface area contributed by atoms with Crippen molar-refractivity contribution in [2.45, 2.75) is 44.8 Å². The van der Waals surface area contributed by atoms with Gasteiger partial charge >= 0.3 is 0 Å². The first-order valence-electron chi connectivity index (χ1n) is 7.41. The van der Waals surface area contributed by atoms with Gasteiger partial charge < -0.3 is 14.8 Å². The molecule has 2 heterocycles. The van der Waals surface area contributed by atoms with E-state index in [1.807, 2.05) is 20.8 Å². The van der Waals surface area contributed by atoms with Crippen LogP contribution in [0.15, 0.2) is 12.1 Å². The van der Waals surface area contributed by atoms with E-state index in [0.717, 1.165) is 29.7 Å². The monoisotopic (exact) mass is 342 g/mol. The molecular weight excluding hydrogens is 323 g/mol. The molecule has 0 saturated carbocycles. The number of imidazole rings is 1. The molecule has 1 fully saturated rings. The molecule has 1 aromatic heterocycles. The summed E-state index contributed by atoms with van der Waals surface area (Å²) >= 11 is 12.1. The Balaban J connectivity index is 1.99. The molecule has 4 nitrogen and oxygen atoms in total. The Hall–Kier alpha value is -0.810. The standard InChI is InChI=1S/C16H20Cl2N2O2/c1-15(2)9(8-21)4-5-16(3,22-15)14-19-12-6-10(17)11(18)7-13(12)20-14/h6-7,9,21H,4-5,8H2,1-3H3,(H,19,20). The number of hydrogen-bond acceptors (Lipinski definition) is 3. The zero-order valence-corrected chi connectivity index (χ0v) is 14.4. The van der Waals surface area contributed by atoms with Gasteiger partial charge in [-0.05, 0) is 45.7 Å². The molecule has 22 heavy (non-hydrogen) atoms. The minimum atomic E-state index is -0.521. The Bertz CT molecular complexity index is 674. The van der Waals surface area contributed by atoms with Gasteiger partial charge in [-0.2, -0.15) is 0 Å². The lowest BCUT2D eigenvalue weighted by Crippen LogP contribution is -2.49. The molecule has 1 aliphatic heterocycles. The molecular formula is C16H20Cl2N2O2. The van der Waals surface area contributed by atoms with Crippen LogP contribution in [-0.4, -0.2) is 27.3 Å². The number of hydrogen-bond donors (Lipinski definition) is 2. The van der Waals surface area contributed by atoms with Crippen LogP contribution in [0.25, 0.3) is 11.0 Å². The maximum absolute atomic E-state index is 9.51. The number of H-pyrrole nitrogens is 1. The molecule has 3 rings (SSSR count). The van der Waals surface area contributed by atoms with Crippen molar-refractivity contribution in [3.05, 3.63) is 28.0 Å². The third-order valence-electron chi connectivity index (χ3n) is 4.69. The van der Waals surface area contributed by atoms with Crippen molar-refractivity contribution < 1.29 is 9.84 Å². The second kappa shape index (κ2) is 5.38. The lowest BCUT2D eigenvalue weighted by molar-refractivity contribution is -0.207. The Labute approximate surface area is 139 Å². The van der Waals surface area contributed by atoms with Crippen LogP contribution < -0.4 is 0 Å². The zero-order chi connectivity index (χ0) is 16.1. The van der Waals surface area contributed by atoms with Crippen LogP contribution in [0.1, 0.15) is 39.4 Å². The number of halogens is 2. The van der Waals surface area contributed by atoms with E-state index in [2.05, 4.69) is 9.97 Å². The Morgan fingerprint density at radius 1 is 1.32 bits per heavy atom. The first-order valence-corrected chi connectivity index (χ1v) is 8.17. The minimum Gasteiger partial charge on any atom is -0.396 e. The molecule has 6 heteroatoms. The minimum absolute atomic E-state index is 0.133. The number of aliphatic hydroxyl groups is 1. The normalized spacial score (nSPS) is 28.2. The summed E-state index contributed by atoms with van der Waals surface area (Å²) in [6.07, 6.45) is 1.68. The molecule has 0 bridgehead atoms. The SMILES string of the molecule is CC1(c2nc3cc(Cl)c(Cl)cc3[nH]2)CCC(CO)C(C)(C)O1. The summed E-state index contributed by atoms with van der Waals surface area (Å²) in [6, 6.07) is 3.54. The molecule has 1 aromatic carbocycles. The van der Waals surface area contributed by atoms with Gasteiger partial charge in [0.25, 0.3) is 0 Å². The number of aromatic nitrogens is 2. The van der Waals surface area contributed by atoms with E-state index in [9.17, 15) is 5.11 Å². The molecule has 2 unspecified atom stereocenters. The molecule has 0 spiro atoms. The van der Waals surface area contributed by atoms with Crippen LogP contribution in [0, 0.1) is 5.92 Å². The number of rotatable bonds is 2. The van der Waals surface area contributed by atoms with Gasteiger partial charge in [0.15, 0.2) is 0 Å². The average Bonchev–Trinajstić information content (AvgIpc) is 2.82. The van der Waals surface area contributed by atoms with E-state index in [0.29, 0.717) is 10.0 Å². The highest BCUT2D eigenvalue weighted by Gasteiger charge is 2.45. The second-order valence-corrected chi connectivity index (χ2v) is 7.54. The predicted octanol–water partition coefficient (Wildman–Crippen LogP) is 4.28. The molecule has 0 radical (unpaired) electrons. The lowest BCUT2D eigenvalue weighted by Gasteiger charge is -2.46. The first-order chi connectivity index (χ1) is 10.2. The van der Waals surface area contributed by atoms with Gasteiger partial charge in [-0.3, -0.25) is 0 Å². The van der Waals surface area contributed by atoms with Gasteiger partial charge in [0.1, 0.15) is 11.4 Å². The first kappa shape index (κ1) is 16.1. The summed E-state index contributed by atoms with van der Waals surface area (Å²) in [4.78, 5) is 7.94. The van der Waals surface area contributed by atoms with E-state index < -0.39 is 11.2 Å². The van der Waals surface area contributed by atoms with Crippen LogP contribution in [0.2, 0.25) is 10.0 Å². The van der Waals surface area contributed by atoms with Crippen LogP contribution in [-0.2, 0) is 10.3 Å². The molecule has 2 aromatic rings. The van der Waals surface area contributed by atoms with Gasteiger partial charge in [0.2, 0.25) is 0 Å². The topological polar surface area (TPSA) is 58.1 Å². The van der Waals surface area contributed by atoms with E-state index in [4.69, 9.17) is 27.9 Å².